The van der Waals surface area contributed by atoms with E-state index in [4.69, 9.17) is 18.5 Å². The minimum absolute atomic E-state index is 0.0209. The van der Waals surface area contributed by atoms with Gasteiger partial charge in [-0.1, -0.05) is 172 Å². The highest BCUT2D eigenvalue weighted by molar-refractivity contribution is 7.47. The van der Waals surface area contributed by atoms with Crippen molar-refractivity contribution in [3.05, 3.63) is 48.6 Å². The average Bonchev–Trinajstić information content (AvgIpc) is 3.21. The fourth-order valence-electron chi connectivity index (χ4n) is 6.39. The molecule has 0 aliphatic carbocycles. The summed E-state index contributed by atoms with van der Waals surface area (Å²) in [7, 11) is -2.66. The summed E-state index contributed by atoms with van der Waals surface area (Å²) in [6, 6.07) is 0. The number of likely N-dealkylation sites (N-methyl/N-ethyl adjacent to an activating group) is 1. The number of hydrogen-bond donors (Lipinski definition) is 2. The molecule has 9 nitrogen and oxygen atoms in total. The van der Waals surface area contributed by atoms with Crippen LogP contribution in [0, 0.1) is 0 Å². The average molecular weight is 838 g/mol. The van der Waals surface area contributed by atoms with Crippen LogP contribution in [0.25, 0.3) is 0 Å². The van der Waals surface area contributed by atoms with Crippen LogP contribution in [-0.2, 0) is 32.7 Å². The van der Waals surface area contributed by atoms with E-state index in [0.717, 1.165) is 77.0 Å². The van der Waals surface area contributed by atoms with Crippen molar-refractivity contribution < 1.29 is 37.6 Å². The molecule has 2 N–H and O–H groups in total. The van der Waals surface area contributed by atoms with E-state index >= 15 is 0 Å². The zero-order chi connectivity index (χ0) is 42.5. The van der Waals surface area contributed by atoms with Crippen molar-refractivity contribution in [2.24, 2.45) is 0 Å². The normalized spacial score (nSPS) is 13.7. The summed E-state index contributed by atoms with van der Waals surface area (Å²) in [5.74, 6) is -0.825. The molecule has 0 rings (SSSR count). The number of ether oxygens (including phenoxy) is 2. The molecule has 2 unspecified atom stereocenters. The molecule has 0 amide bonds. The van der Waals surface area contributed by atoms with Crippen molar-refractivity contribution in [1.29, 1.82) is 0 Å². The van der Waals surface area contributed by atoms with Crippen molar-refractivity contribution in [2.75, 3.05) is 33.4 Å². The zero-order valence-electron chi connectivity index (χ0n) is 37.5. The molecule has 0 aromatic heterocycles. The number of nitrogens with one attached hydrogen (secondary N) is 1. The van der Waals surface area contributed by atoms with Crippen LogP contribution in [0.5, 0.6) is 0 Å². The molecule has 0 aliphatic rings. The first-order valence-corrected chi connectivity index (χ1v) is 25.1. The molecule has 0 spiro atoms. The first-order chi connectivity index (χ1) is 28.3. The Morgan fingerprint density at radius 3 is 1.48 bits per heavy atom. The van der Waals surface area contributed by atoms with Crippen LogP contribution in [0.15, 0.2) is 48.6 Å². The zero-order valence-corrected chi connectivity index (χ0v) is 38.4. The second-order valence-electron chi connectivity index (χ2n) is 15.6. The largest absolute Gasteiger partial charge is 0.472 e. The van der Waals surface area contributed by atoms with Gasteiger partial charge in [-0.05, 0) is 77.7 Å². The number of carbonyl (C=O) groups is 2. The molecular formula is C48H88NO8P. The van der Waals surface area contributed by atoms with Gasteiger partial charge in [0.25, 0.3) is 0 Å². The quantitative estimate of drug-likeness (QED) is 0.0267. The van der Waals surface area contributed by atoms with Gasteiger partial charge < -0.3 is 19.7 Å². The lowest BCUT2D eigenvalue weighted by Gasteiger charge is -2.20. The number of unbranched alkanes of at least 4 members (excludes halogenated alkanes) is 22. The Morgan fingerprint density at radius 2 is 0.983 bits per heavy atom. The van der Waals surface area contributed by atoms with Gasteiger partial charge in [-0.25, -0.2) is 4.57 Å². The third kappa shape index (κ3) is 43.5. The highest BCUT2D eigenvalue weighted by atomic mass is 31.2. The van der Waals surface area contributed by atoms with Crippen molar-refractivity contribution in [2.45, 2.75) is 213 Å². The van der Waals surface area contributed by atoms with Crippen molar-refractivity contribution in [3.8, 4) is 0 Å². The molecule has 58 heavy (non-hydrogen) atoms. The molecule has 338 valence electrons. The van der Waals surface area contributed by atoms with E-state index in [-0.39, 0.29) is 32.0 Å². The molecule has 0 aliphatic heterocycles. The molecule has 0 saturated carbocycles. The number of phosphoric acid groups is 1. The summed E-state index contributed by atoms with van der Waals surface area (Å²) < 4.78 is 33.2. The molecule has 0 fully saturated rings. The van der Waals surface area contributed by atoms with Gasteiger partial charge in [0.1, 0.15) is 6.61 Å². The van der Waals surface area contributed by atoms with Crippen LogP contribution in [0.1, 0.15) is 206 Å². The Labute approximate surface area is 356 Å². The predicted octanol–water partition coefficient (Wildman–Crippen LogP) is 13.8. The van der Waals surface area contributed by atoms with Crippen molar-refractivity contribution in [3.63, 3.8) is 0 Å². The predicted molar refractivity (Wildman–Crippen MR) is 243 cm³/mol. The van der Waals surface area contributed by atoms with E-state index in [1.165, 1.54) is 96.3 Å². The Balaban J connectivity index is 4.16. The summed E-state index contributed by atoms with van der Waals surface area (Å²) in [6.07, 6.45) is 50.1. The molecule has 2 atom stereocenters. The lowest BCUT2D eigenvalue weighted by molar-refractivity contribution is -0.161. The highest BCUT2D eigenvalue weighted by Gasteiger charge is 2.26. The third-order valence-electron chi connectivity index (χ3n) is 9.93. The topological polar surface area (TPSA) is 120 Å². The van der Waals surface area contributed by atoms with Gasteiger partial charge in [-0.3, -0.25) is 18.6 Å². The maximum absolute atomic E-state index is 12.7. The smallest absolute Gasteiger partial charge is 0.462 e. The standard InChI is InChI=1S/C48H88NO8P/c1-4-6-8-10-12-14-16-18-20-21-22-23-24-25-27-29-31-33-35-37-39-41-48(51)57-46(45-56-58(52,53)55-43-42-49-3)44-54-47(50)40-38-36-34-32-30-28-26-19-17-15-13-11-9-7-5-2/h7,9,13,15,18-20,26,46,49H,4-6,8,10-12,14,16-17,21-25,27-45H2,1-3H3,(H,52,53)/b9-7-,15-13-,20-18-,26-19-. The number of rotatable bonds is 44. The van der Waals surface area contributed by atoms with E-state index in [9.17, 15) is 19.0 Å². The SMILES string of the molecule is CC/C=C\C/C=C\C/C=C\CCCCCCCC(=O)OCC(COP(=O)(O)OCCNC)OC(=O)CCCCCCCCCCCCC/C=C\CCCCCCCC. The van der Waals surface area contributed by atoms with E-state index in [0.29, 0.717) is 13.0 Å². The van der Waals surface area contributed by atoms with Gasteiger partial charge in [0.2, 0.25) is 0 Å². The van der Waals surface area contributed by atoms with Gasteiger partial charge in [-0.2, -0.15) is 0 Å². The minimum Gasteiger partial charge on any atom is -0.462 e. The second-order valence-corrected chi connectivity index (χ2v) is 17.0. The summed E-state index contributed by atoms with van der Waals surface area (Å²) >= 11 is 0. The van der Waals surface area contributed by atoms with E-state index in [1.807, 2.05) is 0 Å². The Bertz CT molecular complexity index is 1090. The fourth-order valence-corrected chi connectivity index (χ4v) is 7.14. The van der Waals surface area contributed by atoms with Crippen LogP contribution in [-0.4, -0.2) is 56.3 Å². The Morgan fingerprint density at radius 1 is 0.552 bits per heavy atom. The van der Waals surface area contributed by atoms with Crippen LogP contribution >= 0.6 is 7.82 Å². The highest BCUT2D eigenvalue weighted by Crippen LogP contribution is 2.43. The fraction of sp³-hybridized carbons (Fsp3) is 0.792. The maximum atomic E-state index is 12.7. The van der Waals surface area contributed by atoms with Crippen LogP contribution in [0.3, 0.4) is 0 Å². The number of phosphoric ester groups is 1. The lowest BCUT2D eigenvalue weighted by atomic mass is 10.0. The van der Waals surface area contributed by atoms with E-state index in [1.54, 1.807) is 7.05 Å². The van der Waals surface area contributed by atoms with Gasteiger partial charge in [-0.15, -0.1) is 0 Å². The number of carbonyl (C=O) groups excluding carboxylic acids is 2. The van der Waals surface area contributed by atoms with Gasteiger partial charge in [0.05, 0.1) is 13.2 Å². The Hall–Kier alpha value is -2.03. The lowest BCUT2D eigenvalue weighted by Crippen LogP contribution is -2.29. The summed E-state index contributed by atoms with van der Waals surface area (Å²) in [5, 5.41) is 2.83. The van der Waals surface area contributed by atoms with Crippen molar-refractivity contribution >= 4 is 19.8 Å². The first-order valence-electron chi connectivity index (χ1n) is 23.6. The van der Waals surface area contributed by atoms with Crippen LogP contribution in [0.2, 0.25) is 0 Å². The first kappa shape index (κ1) is 56.0. The molecule has 0 bridgehead atoms. The number of hydrogen-bond acceptors (Lipinski definition) is 8. The molecule has 10 heteroatoms. The Kier molecular flexibility index (Phi) is 43.0. The van der Waals surface area contributed by atoms with E-state index < -0.39 is 26.5 Å². The molecule has 0 heterocycles. The van der Waals surface area contributed by atoms with E-state index in [2.05, 4.69) is 67.8 Å². The molecular weight excluding hydrogens is 750 g/mol. The van der Waals surface area contributed by atoms with Crippen LogP contribution in [0.4, 0.5) is 0 Å². The summed E-state index contributed by atoms with van der Waals surface area (Å²) in [5.41, 5.74) is 0. The monoisotopic (exact) mass is 838 g/mol. The van der Waals surface area contributed by atoms with Gasteiger partial charge in [0.15, 0.2) is 6.10 Å². The third-order valence-corrected chi connectivity index (χ3v) is 10.9. The molecule has 0 radical (unpaired) electrons. The summed E-state index contributed by atoms with van der Waals surface area (Å²) in [6.45, 7) is 4.10. The number of allylic oxidation sites excluding steroid dienone is 8. The number of esters is 2. The minimum atomic E-state index is -4.36. The van der Waals surface area contributed by atoms with Crippen molar-refractivity contribution in [1.82, 2.24) is 5.32 Å². The van der Waals surface area contributed by atoms with Gasteiger partial charge in [0, 0.05) is 19.4 Å². The maximum Gasteiger partial charge on any atom is 0.472 e. The van der Waals surface area contributed by atoms with Crippen LogP contribution < -0.4 is 5.32 Å². The molecule has 0 saturated heterocycles. The molecule has 0 aromatic carbocycles. The second kappa shape index (κ2) is 44.5. The van der Waals surface area contributed by atoms with Gasteiger partial charge >= 0.3 is 19.8 Å². The summed E-state index contributed by atoms with van der Waals surface area (Å²) in [4.78, 5) is 35.1. The molecule has 0 aromatic rings.